The summed E-state index contributed by atoms with van der Waals surface area (Å²) in [4.78, 5) is 50.2. The third kappa shape index (κ3) is 25.7. The fourth-order valence-corrected chi connectivity index (χ4v) is 8.84. The molecule has 388 valence electrons. The Bertz CT molecular complexity index is 1640. The van der Waals surface area contributed by atoms with Crippen molar-refractivity contribution < 1.29 is 78.1 Å². The van der Waals surface area contributed by atoms with Crippen LogP contribution in [0.1, 0.15) is 149 Å². The summed E-state index contributed by atoms with van der Waals surface area (Å²) in [6.07, 6.45) is 17.1. The van der Waals surface area contributed by atoms with Crippen LogP contribution in [-0.4, -0.2) is 127 Å². The van der Waals surface area contributed by atoms with Gasteiger partial charge < -0.3 is 50.1 Å². The molecular weight excluding hydrogens is 900 g/mol. The van der Waals surface area contributed by atoms with Gasteiger partial charge in [0.05, 0.1) is 31.0 Å². The minimum atomic E-state index is -5.47. The second-order valence-corrected chi connectivity index (χ2v) is 19.1. The summed E-state index contributed by atoms with van der Waals surface area (Å²) in [6.45, 7) is 2.68. The van der Waals surface area contributed by atoms with Gasteiger partial charge in [0, 0.05) is 31.1 Å². The van der Waals surface area contributed by atoms with E-state index in [9.17, 15) is 59.6 Å². The van der Waals surface area contributed by atoms with Gasteiger partial charge in [0.25, 0.3) is 0 Å². The molecule has 16 nitrogen and oxygen atoms in total. The summed E-state index contributed by atoms with van der Waals surface area (Å²) >= 11 is 0. The number of cyclic esters (lactones) is 1. The van der Waals surface area contributed by atoms with Crippen LogP contribution in [-0.2, 0) is 37.5 Å². The molecule has 1 aliphatic heterocycles. The third-order valence-corrected chi connectivity index (χ3v) is 12.9. The molecule has 12 atom stereocenters. The molecule has 1 unspecified atom stereocenters. The van der Waals surface area contributed by atoms with Crippen LogP contribution in [0.4, 0.5) is 0 Å². The lowest BCUT2D eigenvalue weighted by Gasteiger charge is -2.36. The quantitative estimate of drug-likeness (QED) is 0.0238. The highest BCUT2D eigenvalue weighted by Crippen LogP contribution is 2.47. The van der Waals surface area contributed by atoms with E-state index < -0.39 is 112 Å². The number of unbranched alkanes of at least 4 members (excludes halogenated alkanes) is 5. The van der Waals surface area contributed by atoms with E-state index in [4.69, 9.17) is 18.5 Å². The molecule has 2 fully saturated rings. The van der Waals surface area contributed by atoms with Gasteiger partial charge in [-0.1, -0.05) is 132 Å². The molecule has 0 amide bonds. The summed E-state index contributed by atoms with van der Waals surface area (Å²) in [5.41, 5.74) is 0. The van der Waals surface area contributed by atoms with E-state index >= 15 is 0 Å². The molecule has 1 saturated heterocycles. The number of carbonyl (C=O) groups excluding carboxylic acids is 3. The normalized spacial score (nSPS) is 30.9. The molecule has 2 rings (SSSR count). The fourth-order valence-electron chi connectivity index (χ4n) is 7.87. The van der Waals surface area contributed by atoms with Gasteiger partial charge in [-0.05, 0) is 70.6 Å². The highest BCUT2D eigenvalue weighted by Gasteiger charge is 2.49. The van der Waals surface area contributed by atoms with Crippen LogP contribution in [0.2, 0.25) is 0 Å². The van der Waals surface area contributed by atoms with Crippen molar-refractivity contribution >= 4 is 25.5 Å². The molecule has 68 heavy (non-hydrogen) atoms. The maximum Gasteiger partial charge on any atom is 0.472 e. The maximum absolute atomic E-state index is 13.7. The number of aliphatic hydroxyl groups is 7. The Balaban J connectivity index is 2.13. The first kappa shape index (κ1) is 61.0. The number of allylic oxidation sites excluding steroid dienone is 10. The molecule has 17 heteroatoms. The Morgan fingerprint density at radius 2 is 1.35 bits per heavy atom. The van der Waals surface area contributed by atoms with Crippen molar-refractivity contribution in [3.8, 4) is 0 Å². The lowest BCUT2D eigenvalue weighted by molar-refractivity contribution is -0.166. The number of ketones is 1. The van der Waals surface area contributed by atoms with E-state index in [1.54, 1.807) is 0 Å². The Hall–Kier alpha value is -3.12. The minimum absolute atomic E-state index is 0.0112. The zero-order valence-corrected chi connectivity index (χ0v) is 41.2. The number of phosphoric acid groups is 1. The topological polar surface area (TPSA) is 267 Å². The van der Waals surface area contributed by atoms with E-state index in [1.165, 1.54) is 12.2 Å². The van der Waals surface area contributed by atoms with Gasteiger partial charge in [-0.3, -0.25) is 23.4 Å². The number of hydrogen-bond donors (Lipinski definition) is 8. The van der Waals surface area contributed by atoms with E-state index in [0.29, 0.717) is 51.4 Å². The Kier molecular flexibility index (Phi) is 32.2. The second-order valence-electron chi connectivity index (χ2n) is 17.7. The van der Waals surface area contributed by atoms with Gasteiger partial charge in [0.1, 0.15) is 36.8 Å². The number of esters is 2. The summed E-state index contributed by atoms with van der Waals surface area (Å²) in [5, 5.41) is 78.7. The highest BCUT2D eigenvalue weighted by molar-refractivity contribution is 7.47. The average molecular weight is 983 g/mol. The zero-order chi connectivity index (χ0) is 50.2. The van der Waals surface area contributed by atoms with Crippen LogP contribution in [0.3, 0.4) is 0 Å². The van der Waals surface area contributed by atoms with Crippen molar-refractivity contribution in [3.05, 3.63) is 72.9 Å². The van der Waals surface area contributed by atoms with Gasteiger partial charge in [-0.15, -0.1) is 0 Å². The van der Waals surface area contributed by atoms with E-state index in [1.807, 2.05) is 6.92 Å². The minimum Gasteiger partial charge on any atom is -0.462 e. The summed E-state index contributed by atoms with van der Waals surface area (Å²) in [5.74, 6) is -4.96. The molecule has 0 aromatic carbocycles. The number of aliphatic hydroxyl groups excluding tert-OH is 7. The predicted octanol–water partition coefficient (Wildman–Crippen LogP) is 6.87. The van der Waals surface area contributed by atoms with Crippen LogP contribution < -0.4 is 0 Å². The Labute approximate surface area is 404 Å². The van der Waals surface area contributed by atoms with Gasteiger partial charge >= 0.3 is 19.8 Å². The fraction of sp³-hybridized carbons (Fsp3) is 0.706. The van der Waals surface area contributed by atoms with Crippen molar-refractivity contribution in [1.29, 1.82) is 0 Å². The molecule has 0 aromatic rings. The third-order valence-electron chi connectivity index (χ3n) is 11.9. The van der Waals surface area contributed by atoms with Crippen molar-refractivity contribution in [2.24, 2.45) is 11.8 Å². The average Bonchev–Trinajstić information content (AvgIpc) is 3.31. The summed E-state index contributed by atoms with van der Waals surface area (Å²) in [6, 6.07) is 0. The highest BCUT2D eigenvalue weighted by atomic mass is 31.2. The molecule has 0 radical (unpaired) electrons. The molecule has 2 aliphatic rings. The van der Waals surface area contributed by atoms with Crippen LogP contribution in [0, 0.1) is 11.8 Å². The van der Waals surface area contributed by atoms with Gasteiger partial charge in [-0.2, -0.15) is 0 Å². The number of phosphoric ester groups is 1. The van der Waals surface area contributed by atoms with Gasteiger partial charge in [-0.25, -0.2) is 4.57 Å². The number of fused-ring (bicyclic) bond motifs is 4. The SMILES string of the molecule is CC/C=C\C/C=C\C/C=C\C/C=C\C/C=C\CCCCCC(=O)O[C@@H]1COC(=O)CCCCCC[C@H]2C(=O)C[C@@H](O)[C@H](/C=C/[C@@H](O)CCCCC)[C@@H](O)[C@@H](O)[C@@H](OP(=O)(O)OC1)[C@H](O)[C@@H](O)[C@@H]2O. The number of hydrogen-bond acceptors (Lipinski definition) is 15. The second kappa shape index (κ2) is 35.9. The molecular formula is C51H83O16P. The van der Waals surface area contributed by atoms with Crippen molar-refractivity contribution in [2.45, 2.75) is 204 Å². The Morgan fingerprint density at radius 3 is 2.00 bits per heavy atom. The molecule has 0 aromatic heterocycles. The first-order valence-electron chi connectivity index (χ1n) is 24.8. The lowest BCUT2D eigenvalue weighted by Crippen LogP contribution is -2.55. The Morgan fingerprint density at radius 1 is 0.735 bits per heavy atom. The number of rotatable bonds is 22. The molecule has 8 N–H and O–H groups in total. The molecule has 1 saturated carbocycles. The van der Waals surface area contributed by atoms with E-state index in [-0.39, 0.29) is 19.3 Å². The zero-order valence-electron chi connectivity index (χ0n) is 40.3. The monoisotopic (exact) mass is 983 g/mol. The molecule has 0 spiro atoms. The van der Waals surface area contributed by atoms with Gasteiger partial charge in [0.15, 0.2) is 6.10 Å². The van der Waals surface area contributed by atoms with E-state index in [2.05, 4.69) is 67.7 Å². The van der Waals surface area contributed by atoms with Crippen molar-refractivity contribution in [2.75, 3.05) is 13.2 Å². The molecule has 1 heterocycles. The predicted molar refractivity (Wildman–Crippen MR) is 259 cm³/mol. The van der Waals surface area contributed by atoms with E-state index in [0.717, 1.165) is 57.8 Å². The number of ether oxygens (including phenoxy) is 2. The van der Waals surface area contributed by atoms with Crippen LogP contribution in [0.15, 0.2) is 72.9 Å². The first-order valence-corrected chi connectivity index (χ1v) is 26.3. The van der Waals surface area contributed by atoms with Crippen LogP contribution >= 0.6 is 7.82 Å². The van der Waals surface area contributed by atoms with Crippen molar-refractivity contribution in [3.63, 3.8) is 0 Å². The lowest BCUT2D eigenvalue weighted by atomic mass is 9.83. The number of carbonyl (C=O) groups is 3. The largest absolute Gasteiger partial charge is 0.472 e. The maximum atomic E-state index is 13.7. The molecule has 1 aliphatic carbocycles. The smallest absolute Gasteiger partial charge is 0.462 e. The van der Waals surface area contributed by atoms with Crippen molar-refractivity contribution in [1.82, 2.24) is 0 Å². The number of Topliss-reactive ketones (excluding diaryl/α,β-unsaturated/α-hetero) is 1. The standard InChI is InChI=1S/C51H83O16P/c1-3-5-7-8-9-10-11-12-13-14-15-16-17-18-19-20-21-22-28-32-45(56)66-39-36-64-44(55)31-27-24-23-26-30-40-42(53)35-43(54)41(34-33-38(52)29-25-6-4-2)47(58)49(60)51(50(61)48(59)46(40)57)67-68(62,63)65-37-39/h5,7,9-10,12-13,15-16,18-19,33-34,38-41,43,46-52,54,57-61H,3-4,6,8,11,14,17,20-32,35-37H2,1-2H3,(H,62,63)/b7-5-,10-9-,13-12-,16-15-,19-18-,34-33+/t38-,39+,40-,41-,43+,46+,47+,48-,49+,50+,51+/m0/s1. The summed E-state index contributed by atoms with van der Waals surface area (Å²) < 4.78 is 34.7. The van der Waals surface area contributed by atoms with Crippen LogP contribution in [0.5, 0.6) is 0 Å². The van der Waals surface area contributed by atoms with Crippen LogP contribution in [0.25, 0.3) is 0 Å². The molecule has 2 bridgehead atoms. The first-order chi connectivity index (χ1) is 32.6. The van der Waals surface area contributed by atoms with Gasteiger partial charge in [0.2, 0.25) is 0 Å². The summed E-state index contributed by atoms with van der Waals surface area (Å²) in [7, 11) is -5.47.